The van der Waals surface area contributed by atoms with Gasteiger partial charge in [-0.05, 0) is 24.5 Å². The summed E-state index contributed by atoms with van der Waals surface area (Å²) in [6, 6.07) is 8.37. The highest BCUT2D eigenvalue weighted by molar-refractivity contribution is 7.09. The Kier molecular flexibility index (Phi) is 4.24. The van der Waals surface area contributed by atoms with Crippen molar-refractivity contribution in [2.75, 3.05) is 26.3 Å². The van der Waals surface area contributed by atoms with Crippen LogP contribution in [-0.2, 0) is 11.2 Å². The Morgan fingerprint density at radius 3 is 3.12 bits per heavy atom. The van der Waals surface area contributed by atoms with Crippen LogP contribution in [0.2, 0.25) is 0 Å². The third kappa shape index (κ3) is 2.91. The minimum Gasteiger partial charge on any atom is -0.377 e. The number of aryl methyl sites for hydroxylation is 1. The molecule has 0 saturated carbocycles. The number of carbonyl (C=O) groups is 1. The Hall–Kier alpha value is -1.92. The lowest BCUT2D eigenvalue weighted by Crippen LogP contribution is -2.49. The van der Waals surface area contributed by atoms with E-state index in [0.29, 0.717) is 32.2 Å². The Morgan fingerprint density at radius 1 is 1.46 bits per heavy atom. The molecule has 2 aromatic rings. The van der Waals surface area contributed by atoms with Crippen LogP contribution in [0.4, 0.5) is 4.79 Å². The maximum atomic E-state index is 12.7. The van der Waals surface area contributed by atoms with Crippen LogP contribution in [0, 0.1) is 6.92 Å². The number of aromatic nitrogens is 1. The van der Waals surface area contributed by atoms with Gasteiger partial charge < -0.3 is 15.0 Å². The summed E-state index contributed by atoms with van der Waals surface area (Å²) >= 11 is 1.60. The number of nitrogens with zero attached hydrogens (tertiary/aromatic N) is 2. The van der Waals surface area contributed by atoms with Crippen LogP contribution in [0.3, 0.4) is 0 Å². The molecular formula is C18H21N3O2S. The number of fused-ring (bicyclic) bond motifs is 1. The highest BCUT2D eigenvalue weighted by atomic mass is 32.1. The van der Waals surface area contributed by atoms with Crippen LogP contribution in [0.15, 0.2) is 29.6 Å². The van der Waals surface area contributed by atoms with E-state index >= 15 is 0 Å². The summed E-state index contributed by atoms with van der Waals surface area (Å²) in [4.78, 5) is 19.1. The molecule has 1 aliphatic heterocycles. The highest BCUT2D eigenvalue weighted by Crippen LogP contribution is 2.34. The predicted octanol–water partition coefficient (Wildman–Crippen LogP) is 2.87. The van der Waals surface area contributed by atoms with Crippen LogP contribution >= 0.6 is 11.3 Å². The standard InChI is InChI=1S/C18H21N3O2S/c1-12-11-24-17(20-12)16-10-23-7-6-21(16)18(22)19-9-14-8-13-4-2-3-5-15(13)14/h2-5,11,14,16H,6-10H2,1H3,(H,19,22). The molecule has 1 aromatic carbocycles. The summed E-state index contributed by atoms with van der Waals surface area (Å²) in [5.74, 6) is 0.437. The molecule has 2 unspecified atom stereocenters. The number of hydrogen-bond donors (Lipinski definition) is 1. The number of benzene rings is 1. The van der Waals surface area contributed by atoms with E-state index in [4.69, 9.17) is 4.74 Å². The number of hydrogen-bond acceptors (Lipinski definition) is 4. The molecule has 0 spiro atoms. The van der Waals surface area contributed by atoms with E-state index in [2.05, 4.69) is 34.6 Å². The summed E-state index contributed by atoms with van der Waals surface area (Å²) < 4.78 is 5.58. The predicted molar refractivity (Wildman–Crippen MR) is 93.4 cm³/mol. The molecule has 0 bridgehead atoms. The first kappa shape index (κ1) is 15.6. The first-order chi connectivity index (χ1) is 11.7. The molecule has 5 nitrogen and oxygen atoms in total. The van der Waals surface area contributed by atoms with Gasteiger partial charge in [-0.25, -0.2) is 9.78 Å². The van der Waals surface area contributed by atoms with E-state index < -0.39 is 0 Å². The van der Waals surface area contributed by atoms with Gasteiger partial charge in [-0.3, -0.25) is 0 Å². The maximum Gasteiger partial charge on any atom is 0.318 e. The summed E-state index contributed by atoms with van der Waals surface area (Å²) in [7, 11) is 0. The fourth-order valence-electron chi connectivity index (χ4n) is 3.43. The van der Waals surface area contributed by atoms with Gasteiger partial charge in [0, 0.05) is 30.1 Å². The second kappa shape index (κ2) is 6.53. The number of ether oxygens (including phenoxy) is 1. The molecule has 1 fully saturated rings. The molecule has 2 atom stereocenters. The largest absolute Gasteiger partial charge is 0.377 e. The first-order valence-corrected chi connectivity index (χ1v) is 9.22. The van der Waals surface area contributed by atoms with Gasteiger partial charge in [-0.15, -0.1) is 11.3 Å². The SMILES string of the molecule is Cc1csc(C2COCCN2C(=O)NCC2Cc3ccccc32)n1. The number of thiazole rings is 1. The van der Waals surface area contributed by atoms with Crippen LogP contribution < -0.4 is 5.32 Å². The third-order valence-electron chi connectivity index (χ3n) is 4.77. The van der Waals surface area contributed by atoms with Gasteiger partial charge in [0.05, 0.1) is 13.2 Å². The molecule has 24 heavy (non-hydrogen) atoms. The average molecular weight is 343 g/mol. The second-order valence-electron chi connectivity index (χ2n) is 6.40. The van der Waals surface area contributed by atoms with E-state index in [-0.39, 0.29) is 12.1 Å². The fraction of sp³-hybridized carbons (Fsp3) is 0.444. The average Bonchev–Trinajstić information content (AvgIpc) is 3.02. The summed E-state index contributed by atoms with van der Waals surface area (Å²) in [5.41, 5.74) is 3.76. The summed E-state index contributed by atoms with van der Waals surface area (Å²) in [5, 5.41) is 6.08. The van der Waals surface area contributed by atoms with E-state index in [0.717, 1.165) is 17.1 Å². The van der Waals surface area contributed by atoms with Crippen LogP contribution in [0.25, 0.3) is 0 Å². The Morgan fingerprint density at radius 2 is 2.33 bits per heavy atom. The van der Waals surface area contributed by atoms with E-state index in [1.54, 1.807) is 11.3 Å². The molecule has 4 rings (SSSR count). The molecule has 1 saturated heterocycles. The summed E-state index contributed by atoms with van der Waals surface area (Å²) in [6.07, 6.45) is 1.05. The lowest BCUT2D eigenvalue weighted by Gasteiger charge is -2.36. The van der Waals surface area contributed by atoms with Crippen LogP contribution in [0.1, 0.15) is 33.8 Å². The zero-order valence-electron chi connectivity index (χ0n) is 13.7. The van der Waals surface area contributed by atoms with Gasteiger partial charge >= 0.3 is 6.03 Å². The van der Waals surface area contributed by atoms with Gasteiger partial charge in [-0.2, -0.15) is 0 Å². The zero-order chi connectivity index (χ0) is 16.5. The number of amides is 2. The van der Waals surface area contributed by atoms with Crippen molar-refractivity contribution in [1.82, 2.24) is 15.2 Å². The van der Waals surface area contributed by atoms with Crippen molar-refractivity contribution in [2.24, 2.45) is 0 Å². The molecule has 2 aliphatic rings. The lowest BCUT2D eigenvalue weighted by molar-refractivity contribution is 0.0115. The van der Waals surface area contributed by atoms with Gasteiger partial charge in [0.2, 0.25) is 0 Å². The number of urea groups is 1. The molecule has 0 radical (unpaired) electrons. The first-order valence-electron chi connectivity index (χ1n) is 8.34. The van der Waals surface area contributed by atoms with Crippen molar-refractivity contribution in [3.05, 3.63) is 51.5 Å². The molecular weight excluding hydrogens is 322 g/mol. The topological polar surface area (TPSA) is 54.5 Å². The molecule has 2 amide bonds. The highest BCUT2D eigenvalue weighted by Gasteiger charge is 2.32. The van der Waals surface area contributed by atoms with Crippen molar-refractivity contribution < 1.29 is 9.53 Å². The van der Waals surface area contributed by atoms with E-state index in [9.17, 15) is 4.79 Å². The van der Waals surface area contributed by atoms with Gasteiger partial charge in [0.25, 0.3) is 0 Å². The van der Waals surface area contributed by atoms with Crippen molar-refractivity contribution in [3.8, 4) is 0 Å². The second-order valence-corrected chi connectivity index (χ2v) is 7.29. The zero-order valence-corrected chi connectivity index (χ0v) is 14.5. The molecule has 6 heteroatoms. The van der Waals surface area contributed by atoms with Gasteiger partial charge in [-0.1, -0.05) is 24.3 Å². The molecule has 2 heterocycles. The van der Waals surface area contributed by atoms with Gasteiger partial charge in [0.15, 0.2) is 0 Å². The molecule has 1 N–H and O–H groups in total. The van der Waals surface area contributed by atoms with Crippen molar-refractivity contribution in [1.29, 1.82) is 0 Å². The Bertz CT molecular complexity index is 745. The Balaban J connectivity index is 1.39. The van der Waals surface area contributed by atoms with Crippen molar-refractivity contribution in [3.63, 3.8) is 0 Å². The smallest absolute Gasteiger partial charge is 0.318 e. The van der Waals surface area contributed by atoms with Crippen molar-refractivity contribution >= 4 is 17.4 Å². The quantitative estimate of drug-likeness (QED) is 0.932. The molecule has 1 aliphatic carbocycles. The molecule has 1 aromatic heterocycles. The summed E-state index contributed by atoms with van der Waals surface area (Å²) in [6.45, 7) is 4.38. The monoisotopic (exact) mass is 343 g/mol. The minimum absolute atomic E-state index is 0.0134. The van der Waals surface area contributed by atoms with E-state index in [1.165, 1.54) is 11.1 Å². The minimum atomic E-state index is -0.0777. The number of morpholine rings is 1. The van der Waals surface area contributed by atoms with Crippen molar-refractivity contribution in [2.45, 2.75) is 25.3 Å². The maximum absolute atomic E-state index is 12.7. The normalized spacial score (nSPS) is 22.6. The van der Waals surface area contributed by atoms with Gasteiger partial charge in [0.1, 0.15) is 11.0 Å². The molecule has 126 valence electrons. The Labute approximate surface area is 145 Å². The number of nitrogens with one attached hydrogen (secondary N) is 1. The van der Waals surface area contributed by atoms with Crippen LogP contribution in [0.5, 0.6) is 0 Å². The van der Waals surface area contributed by atoms with E-state index in [1.807, 2.05) is 17.2 Å². The third-order valence-corrected chi connectivity index (χ3v) is 5.84. The lowest BCUT2D eigenvalue weighted by atomic mass is 9.78. The number of rotatable bonds is 3. The number of carbonyl (C=O) groups excluding carboxylic acids is 1. The van der Waals surface area contributed by atoms with Crippen LogP contribution in [-0.4, -0.2) is 42.2 Å². The fourth-order valence-corrected chi connectivity index (χ4v) is 4.33.